The van der Waals surface area contributed by atoms with Crippen LogP contribution in [0.1, 0.15) is 10.5 Å². The highest BCUT2D eigenvalue weighted by Gasteiger charge is 2.15. The van der Waals surface area contributed by atoms with Gasteiger partial charge in [-0.15, -0.1) is 0 Å². The maximum atomic E-state index is 13.1. The molecule has 0 fully saturated rings. The maximum Gasteiger partial charge on any atom is 0.321 e. The average molecular weight is 325 g/mol. The van der Waals surface area contributed by atoms with Crippen molar-refractivity contribution in [3.63, 3.8) is 0 Å². The van der Waals surface area contributed by atoms with Gasteiger partial charge in [0.25, 0.3) is 5.69 Å². The van der Waals surface area contributed by atoms with Gasteiger partial charge in [0, 0.05) is 24.3 Å². The lowest BCUT2D eigenvalue weighted by atomic mass is 10.3. The lowest BCUT2D eigenvalue weighted by molar-refractivity contribution is -0.607. The smallest absolute Gasteiger partial charge is 0.321 e. The standard InChI is InChI=1S/C17H12FN3O3/c18-12-4-3-5-14(10-12)24-16-8-7-13(11-19-16)20-17(22)15-6-1-2-9-21(15)23/h1-11H,(H,20,22). The Hall–Kier alpha value is -3.48. The Balaban J connectivity index is 1.68. The van der Waals surface area contributed by atoms with E-state index in [1.165, 1.54) is 48.8 Å². The molecule has 0 spiro atoms. The molecule has 24 heavy (non-hydrogen) atoms. The molecule has 1 N–H and O–H groups in total. The van der Waals surface area contributed by atoms with E-state index >= 15 is 0 Å². The Kier molecular flexibility index (Phi) is 4.33. The molecule has 0 bridgehead atoms. The number of amides is 1. The van der Waals surface area contributed by atoms with Crippen LogP contribution in [0.3, 0.4) is 0 Å². The Morgan fingerprint density at radius 3 is 2.75 bits per heavy atom. The molecule has 0 aliphatic rings. The molecule has 0 aliphatic heterocycles. The molecule has 0 aliphatic carbocycles. The Bertz CT molecular complexity index is 869. The summed E-state index contributed by atoms with van der Waals surface area (Å²) in [6.07, 6.45) is 2.62. The molecule has 0 unspecified atom stereocenters. The molecule has 0 saturated heterocycles. The number of benzene rings is 1. The second-order valence-electron chi connectivity index (χ2n) is 4.81. The third-order valence-corrected chi connectivity index (χ3v) is 3.07. The van der Waals surface area contributed by atoms with Crippen LogP contribution >= 0.6 is 0 Å². The minimum absolute atomic E-state index is 0.0300. The number of nitrogens with one attached hydrogen (secondary N) is 1. The van der Waals surface area contributed by atoms with Crippen molar-refractivity contribution in [1.82, 2.24) is 4.98 Å². The Labute approximate surface area is 136 Å². The van der Waals surface area contributed by atoms with E-state index in [9.17, 15) is 14.4 Å². The third kappa shape index (κ3) is 3.64. The van der Waals surface area contributed by atoms with Crippen molar-refractivity contribution in [3.8, 4) is 11.6 Å². The van der Waals surface area contributed by atoms with Crippen molar-refractivity contribution >= 4 is 11.6 Å². The highest BCUT2D eigenvalue weighted by molar-refractivity contribution is 6.01. The van der Waals surface area contributed by atoms with Gasteiger partial charge < -0.3 is 15.3 Å². The molecule has 2 aromatic heterocycles. The summed E-state index contributed by atoms with van der Waals surface area (Å²) < 4.78 is 19.0. The van der Waals surface area contributed by atoms with Crippen molar-refractivity contribution < 1.29 is 18.7 Å². The summed E-state index contributed by atoms with van der Waals surface area (Å²) in [5, 5.41) is 14.1. The van der Waals surface area contributed by atoms with Crippen LogP contribution in [0, 0.1) is 11.0 Å². The van der Waals surface area contributed by atoms with Gasteiger partial charge in [-0.25, -0.2) is 9.37 Å². The Morgan fingerprint density at radius 1 is 1.17 bits per heavy atom. The number of ether oxygens (including phenoxy) is 1. The number of nitrogens with zero attached hydrogens (tertiary/aromatic N) is 2. The summed E-state index contributed by atoms with van der Waals surface area (Å²) in [5.41, 5.74) is 0.369. The van der Waals surface area contributed by atoms with Gasteiger partial charge in [0.05, 0.1) is 11.9 Å². The van der Waals surface area contributed by atoms with E-state index in [0.29, 0.717) is 16.2 Å². The first-order valence-corrected chi connectivity index (χ1v) is 7.01. The molecule has 2 heterocycles. The number of hydrogen-bond acceptors (Lipinski definition) is 4. The van der Waals surface area contributed by atoms with Gasteiger partial charge >= 0.3 is 5.91 Å². The molecule has 1 aromatic carbocycles. The molecule has 7 heteroatoms. The topological polar surface area (TPSA) is 78.2 Å². The van der Waals surface area contributed by atoms with Gasteiger partial charge in [-0.2, -0.15) is 4.73 Å². The number of pyridine rings is 2. The van der Waals surface area contributed by atoms with Crippen LogP contribution in [-0.2, 0) is 0 Å². The fraction of sp³-hybridized carbons (Fsp3) is 0. The second kappa shape index (κ2) is 6.74. The van der Waals surface area contributed by atoms with Crippen LogP contribution in [0.2, 0.25) is 0 Å². The minimum Gasteiger partial charge on any atom is -0.618 e. The molecule has 3 aromatic rings. The molecule has 1 amide bonds. The largest absolute Gasteiger partial charge is 0.618 e. The van der Waals surface area contributed by atoms with Crippen LogP contribution < -0.4 is 14.8 Å². The van der Waals surface area contributed by atoms with Crippen molar-refractivity contribution in [3.05, 3.63) is 83.7 Å². The SMILES string of the molecule is O=C(Nc1ccc(Oc2cccc(F)c2)nc1)c1cccc[n+]1[O-]. The quantitative estimate of drug-likeness (QED) is 0.591. The van der Waals surface area contributed by atoms with Gasteiger partial charge in [-0.05, 0) is 24.3 Å². The lowest BCUT2D eigenvalue weighted by Crippen LogP contribution is -2.36. The highest BCUT2D eigenvalue weighted by atomic mass is 19.1. The van der Waals surface area contributed by atoms with E-state index < -0.39 is 11.7 Å². The molecule has 6 nitrogen and oxygen atoms in total. The van der Waals surface area contributed by atoms with E-state index in [0.717, 1.165) is 0 Å². The van der Waals surface area contributed by atoms with Crippen LogP contribution in [0.5, 0.6) is 11.6 Å². The third-order valence-electron chi connectivity index (χ3n) is 3.07. The number of aromatic nitrogens is 2. The average Bonchev–Trinajstić information content (AvgIpc) is 2.57. The molecule has 0 atom stereocenters. The predicted octanol–water partition coefficient (Wildman–Crippen LogP) is 2.90. The van der Waals surface area contributed by atoms with Crippen molar-refractivity contribution in [1.29, 1.82) is 0 Å². The van der Waals surface area contributed by atoms with Crippen LogP contribution in [0.4, 0.5) is 10.1 Å². The zero-order valence-electron chi connectivity index (χ0n) is 12.3. The molecule has 0 saturated carbocycles. The fourth-order valence-corrected chi connectivity index (χ4v) is 1.97. The zero-order valence-corrected chi connectivity index (χ0v) is 12.3. The summed E-state index contributed by atoms with van der Waals surface area (Å²) in [7, 11) is 0. The summed E-state index contributed by atoms with van der Waals surface area (Å²) in [6.45, 7) is 0. The zero-order chi connectivity index (χ0) is 16.9. The maximum absolute atomic E-state index is 13.1. The molecule has 3 rings (SSSR count). The summed E-state index contributed by atoms with van der Waals surface area (Å²) in [5.74, 6) is -0.399. The second-order valence-corrected chi connectivity index (χ2v) is 4.81. The molecular weight excluding hydrogens is 313 g/mol. The lowest BCUT2D eigenvalue weighted by Gasteiger charge is -2.07. The minimum atomic E-state index is -0.550. The van der Waals surface area contributed by atoms with Gasteiger partial charge in [0.1, 0.15) is 11.6 Å². The normalized spacial score (nSPS) is 10.2. The predicted molar refractivity (Wildman–Crippen MR) is 84.1 cm³/mol. The summed E-state index contributed by atoms with van der Waals surface area (Å²) >= 11 is 0. The van der Waals surface area contributed by atoms with Gasteiger partial charge in [-0.3, -0.25) is 4.79 Å². The number of anilines is 1. The fourth-order valence-electron chi connectivity index (χ4n) is 1.97. The number of carbonyl (C=O) groups excluding carboxylic acids is 1. The first-order valence-electron chi connectivity index (χ1n) is 7.01. The molecule has 0 radical (unpaired) electrons. The van der Waals surface area contributed by atoms with E-state index in [4.69, 9.17) is 4.74 Å². The summed E-state index contributed by atoms with van der Waals surface area (Å²) in [6, 6.07) is 13.3. The highest BCUT2D eigenvalue weighted by Crippen LogP contribution is 2.21. The van der Waals surface area contributed by atoms with Crippen molar-refractivity contribution in [2.75, 3.05) is 5.32 Å². The van der Waals surface area contributed by atoms with Crippen molar-refractivity contribution in [2.45, 2.75) is 0 Å². The van der Waals surface area contributed by atoms with E-state index in [-0.39, 0.29) is 11.6 Å². The van der Waals surface area contributed by atoms with Gasteiger partial charge in [0.15, 0.2) is 6.20 Å². The van der Waals surface area contributed by atoms with Crippen molar-refractivity contribution in [2.24, 2.45) is 0 Å². The van der Waals surface area contributed by atoms with E-state index in [2.05, 4.69) is 10.3 Å². The molecule has 120 valence electrons. The monoisotopic (exact) mass is 325 g/mol. The first kappa shape index (κ1) is 15.4. The van der Waals surface area contributed by atoms with Crippen LogP contribution in [0.25, 0.3) is 0 Å². The van der Waals surface area contributed by atoms with E-state index in [1.54, 1.807) is 18.2 Å². The first-order chi connectivity index (χ1) is 11.6. The number of hydrogen-bond donors (Lipinski definition) is 1. The molecular formula is C17H12FN3O3. The summed E-state index contributed by atoms with van der Waals surface area (Å²) in [4.78, 5) is 16.0. The number of rotatable bonds is 4. The van der Waals surface area contributed by atoms with Gasteiger partial charge in [0.2, 0.25) is 5.88 Å². The number of halogens is 1. The van der Waals surface area contributed by atoms with Crippen LogP contribution in [0.15, 0.2) is 67.0 Å². The van der Waals surface area contributed by atoms with Gasteiger partial charge in [-0.1, -0.05) is 6.07 Å². The van der Waals surface area contributed by atoms with Crippen LogP contribution in [-0.4, -0.2) is 10.9 Å². The van der Waals surface area contributed by atoms with E-state index in [1.807, 2.05) is 0 Å². The Morgan fingerprint density at radius 2 is 2.04 bits per heavy atom. The number of carbonyl (C=O) groups is 1.